The van der Waals surface area contributed by atoms with Crippen LogP contribution in [0.2, 0.25) is 0 Å². The van der Waals surface area contributed by atoms with E-state index >= 15 is 0 Å². The molecule has 1 aliphatic carbocycles. The molecule has 0 amide bonds. The van der Waals surface area contributed by atoms with Crippen molar-refractivity contribution in [1.82, 2.24) is 4.90 Å². The monoisotopic (exact) mass is 281 g/mol. The second kappa shape index (κ2) is 6.46. The van der Waals surface area contributed by atoms with Gasteiger partial charge in [-0.3, -0.25) is 9.69 Å². The first kappa shape index (κ1) is 15.8. The molecule has 116 valence electrons. The molecule has 0 spiro atoms. The summed E-state index contributed by atoms with van der Waals surface area (Å²) in [4.78, 5) is 14.1. The molecule has 3 heteroatoms. The molecule has 3 atom stereocenters. The van der Waals surface area contributed by atoms with Crippen molar-refractivity contribution < 1.29 is 9.90 Å². The molecule has 1 aliphatic heterocycles. The maximum atomic E-state index is 11.6. The number of nitrogens with zero attached hydrogens (tertiary/aromatic N) is 1. The number of carbonyl (C=O) groups is 1. The zero-order valence-corrected chi connectivity index (χ0v) is 13.4. The van der Waals surface area contributed by atoms with Gasteiger partial charge >= 0.3 is 5.97 Å². The molecular weight excluding hydrogens is 250 g/mol. The van der Waals surface area contributed by atoms with Crippen molar-refractivity contribution in [2.24, 2.45) is 17.3 Å². The average Bonchev–Trinajstić information content (AvgIpc) is 2.47. The number of hydrogen-bond donors (Lipinski definition) is 1. The van der Waals surface area contributed by atoms with E-state index in [2.05, 4.69) is 25.7 Å². The maximum Gasteiger partial charge on any atom is 0.308 e. The van der Waals surface area contributed by atoms with Gasteiger partial charge in [-0.05, 0) is 56.5 Å². The molecule has 0 aromatic heterocycles. The molecule has 1 heterocycles. The topological polar surface area (TPSA) is 40.5 Å². The average molecular weight is 281 g/mol. The highest BCUT2D eigenvalue weighted by molar-refractivity contribution is 5.71. The van der Waals surface area contributed by atoms with Crippen molar-refractivity contribution in [3.8, 4) is 0 Å². The van der Waals surface area contributed by atoms with Crippen LogP contribution in [0.25, 0.3) is 0 Å². The van der Waals surface area contributed by atoms with E-state index in [4.69, 9.17) is 0 Å². The van der Waals surface area contributed by atoms with E-state index < -0.39 is 5.97 Å². The lowest BCUT2D eigenvalue weighted by Crippen LogP contribution is -2.51. The number of aliphatic carboxylic acids is 1. The number of likely N-dealkylation sites (tertiary alicyclic amines) is 1. The highest BCUT2D eigenvalue weighted by atomic mass is 16.4. The molecule has 1 saturated heterocycles. The predicted octanol–water partition coefficient (Wildman–Crippen LogP) is 3.78. The van der Waals surface area contributed by atoms with Crippen LogP contribution in [0.3, 0.4) is 0 Å². The lowest BCUT2D eigenvalue weighted by atomic mass is 9.73. The number of rotatable bonds is 4. The van der Waals surface area contributed by atoms with Crippen LogP contribution in [0.4, 0.5) is 0 Å². The van der Waals surface area contributed by atoms with Crippen LogP contribution in [0, 0.1) is 17.3 Å². The maximum absolute atomic E-state index is 11.6. The summed E-state index contributed by atoms with van der Waals surface area (Å²) < 4.78 is 0. The zero-order valence-electron chi connectivity index (χ0n) is 13.4. The third-order valence-corrected chi connectivity index (χ3v) is 6.15. The van der Waals surface area contributed by atoms with Gasteiger partial charge in [-0.15, -0.1) is 0 Å². The van der Waals surface area contributed by atoms with E-state index in [0.29, 0.717) is 5.41 Å². The Morgan fingerprint density at radius 3 is 2.40 bits per heavy atom. The van der Waals surface area contributed by atoms with Crippen molar-refractivity contribution in [3.05, 3.63) is 0 Å². The standard InChI is InChI=1S/C17H31NO2/c1-4-13-6-7-14(16(19)20)15(12-13)18-10-8-17(3,5-2)9-11-18/h13-15H,4-12H2,1-3H3,(H,19,20). The summed E-state index contributed by atoms with van der Waals surface area (Å²) in [7, 11) is 0. The van der Waals surface area contributed by atoms with Gasteiger partial charge in [-0.2, -0.15) is 0 Å². The van der Waals surface area contributed by atoms with Gasteiger partial charge in [-0.1, -0.05) is 33.6 Å². The fourth-order valence-electron chi connectivity index (χ4n) is 4.04. The van der Waals surface area contributed by atoms with Gasteiger partial charge in [0.1, 0.15) is 0 Å². The second-order valence-electron chi connectivity index (χ2n) is 7.30. The summed E-state index contributed by atoms with van der Waals surface area (Å²) in [6.07, 6.45) is 7.96. The molecule has 0 aromatic rings. The van der Waals surface area contributed by atoms with Crippen molar-refractivity contribution >= 4 is 5.97 Å². The van der Waals surface area contributed by atoms with Gasteiger partial charge < -0.3 is 5.11 Å². The quantitative estimate of drug-likeness (QED) is 0.852. The minimum Gasteiger partial charge on any atom is -0.481 e. The fraction of sp³-hybridized carbons (Fsp3) is 0.941. The van der Waals surface area contributed by atoms with Gasteiger partial charge in [0.15, 0.2) is 0 Å². The summed E-state index contributed by atoms with van der Waals surface area (Å²) >= 11 is 0. The van der Waals surface area contributed by atoms with Crippen molar-refractivity contribution in [2.75, 3.05) is 13.1 Å². The Bertz CT molecular complexity index is 334. The van der Waals surface area contributed by atoms with E-state index in [-0.39, 0.29) is 12.0 Å². The van der Waals surface area contributed by atoms with Crippen LogP contribution in [0.15, 0.2) is 0 Å². The van der Waals surface area contributed by atoms with Gasteiger partial charge in [0.05, 0.1) is 5.92 Å². The van der Waals surface area contributed by atoms with E-state index in [0.717, 1.165) is 38.3 Å². The molecule has 1 N–H and O–H groups in total. The van der Waals surface area contributed by atoms with Gasteiger partial charge in [-0.25, -0.2) is 0 Å². The summed E-state index contributed by atoms with van der Waals surface area (Å²) in [5.74, 6) is 0.0206. The Kier molecular flexibility index (Phi) is 5.11. The van der Waals surface area contributed by atoms with Crippen LogP contribution >= 0.6 is 0 Å². The van der Waals surface area contributed by atoms with E-state index in [1.807, 2.05) is 0 Å². The summed E-state index contributed by atoms with van der Waals surface area (Å²) in [5.41, 5.74) is 0.480. The number of carboxylic acid groups (broad SMARTS) is 1. The second-order valence-corrected chi connectivity index (χ2v) is 7.30. The summed E-state index contributed by atoms with van der Waals surface area (Å²) in [5, 5.41) is 9.52. The number of carboxylic acids is 1. The lowest BCUT2D eigenvalue weighted by molar-refractivity contribution is -0.146. The number of piperidine rings is 1. The van der Waals surface area contributed by atoms with E-state index in [1.165, 1.54) is 25.7 Å². The van der Waals surface area contributed by atoms with Gasteiger partial charge in [0, 0.05) is 6.04 Å². The molecule has 2 aliphatic rings. The fourth-order valence-corrected chi connectivity index (χ4v) is 4.04. The molecule has 2 rings (SSSR count). The molecule has 3 nitrogen and oxygen atoms in total. The van der Waals surface area contributed by atoms with Crippen molar-refractivity contribution in [3.63, 3.8) is 0 Å². The first-order valence-electron chi connectivity index (χ1n) is 8.46. The SMILES string of the molecule is CCC1CCC(C(=O)O)C(N2CCC(C)(CC)CC2)C1. The number of hydrogen-bond acceptors (Lipinski definition) is 2. The molecule has 2 fully saturated rings. The van der Waals surface area contributed by atoms with E-state index in [9.17, 15) is 9.90 Å². The minimum atomic E-state index is -0.576. The summed E-state index contributed by atoms with van der Waals surface area (Å²) in [6.45, 7) is 9.09. The summed E-state index contributed by atoms with van der Waals surface area (Å²) in [6, 6.07) is 0.285. The third-order valence-electron chi connectivity index (χ3n) is 6.15. The van der Waals surface area contributed by atoms with Crippen LogP contribution in [-0.4, -0.2) is 35.1 Å². The van der Waals surface area contributed by atoms with E-state index in [1.54, 1.807) is 0 Å². The first-order chi connectivity index (χ1) is 9.49. The third kappa shape index (κ3) is 3.36. The minimum absolute atomic E-state index is 0.135. The van der Waals surface area contributed by atoms with Gasteiger partial charge in [0.25, 0.3) is 0 Å². The molecule has 0 aromatic carbocycles. The smallest absolute Gasteiger partial charge is 0.308 e. The Hall–Kier alpha value is -0.570. The Labute approximate surface area is 123 Å². The highest BCUT2D eigenvalue weighted by Gasteiger charge is 2.40. The lowest BCUT2D eigenvalue weighted by Gasteiger charge is -2.46. The zero-order chi connectivity index (χ0) is 14.8. The Balaban J connectivity index is 2.02. The Morgan fingerprint density at radius 2 is 1.90 bits per heavy atom. The molecule has 0 bridgehead atoms. The van der Waals surface area contributed by atoms with Gasteiger partial charge in [0.2, 0.25) is 0 Å². The van der Waals surface area contributed by atoms with Crippen LogP contribution in [0.1, 0.15) is 65.7 Å². The molecule has 0 radical (unpaired) electrons. The van der Waals surface area contributed by atoms with Crippen molar-refractivity contribution in [2.45, 2.75) is 71.8 Å². The van der Waals surface area contributed by atoms with Crippen LogP contribution in [-0.2, 0) is 4.79 Å². The van der Waals surface area contributed by atoms with Crippen LogP contribution < -0.4 is 0 Å². The van der Waals surface area contributed by atoms with Crippen molar-refractivity contribution in [1.29, 1.82) is 0 Å². The highest BCUT2D eigenvalue weighted by Crippen LogP contribution is 2.39. The van der Waals surface area contributed by atoms with Crippen LogP contribution in [0.5, 0.6) is 0 Å². The largest absolute Gasteiger partial charge is 0.481 e. The predicted molar refractivity (Wildman–Crippen MR) is 81.8 cm³/mol. The Morgan fingerprint density at radius 1 is 1.25 bits per heavy atom. The first-order valence-corrected chi connectivity index (χ1v) is 8.46. The molecule has 20 heavy (non-hydrogen) atoms. The molecular formula is C17H31NO2. The molecule has 1 saturated carbocycles. The molecule has 3 unspecified atom stereocenters. The normalized spacial score (nSPS) is 34.9.